The first-order chi connectivity index (χ1) is 21.2. The lowest BCUT2D eigenvalue weighted by Crippen LogP contribution is -2.27. The van der Waals surface area contributed by atoms with Gasteiger partial charge in [-0.3, -0.25) is 0 Å². The van der Waals surface area contributed by atoms with Crippen LogP contribution in [-0.2, 0) is 17.0 Å². The summed E-state index contributed by atoms with van der Waals surface area (Å²) in [6.45, 7) is 2.61. The summed E-state index contributed by atoms with van der Waals surface area (Å²) in [6.07, 6.45) is -8.00. The van der Waals surface area contributed by atoms with E-state index >= 15 is 0 Å². The van der Waals surface area contributed by atoms with E-state index < -0.39 is 69.9 Å². The summed E-state index contributed by atoms with van der Waals surface area (Å²) in [7, 11) is 0. The third-order valence-corrected chi connectivity index (χ3v) is 6.99. The molecule has 0 radical (unpaired) electrons. The minimum absolute atomic E-state index is 0.0181. The van der Waals surface area contributed by atoms with E-state index in [1.54, 1.807) is 0 Å². The lowest BCUT2D eigenvalue weighted by atomic mass is 9.82. The Morgan fingerprint density at radius 1 is 0.756 bits per heavy atom. The molecule has 0 spiro atoms. The molecule has 45 heavy (non-hydrogen) atoms. The van der Waals surface area contributed by atoms with Crippen molar-refractivity contribution in [2.45, 2.75) is 63.3 Å². The van der Waals surface area contributed by atoms with Crippen molar-refractivity contribution in [2.24, 2.45) is 0 Å². The van der Waals surface area contributed by atoms with Gasteiger partial charge < -0.3 is 18.9 Å². The number of alkyl halides is 4. The molecule has 0 unspecified atom stereocenters. The molecule has 1 aliphatic carbocycles. The predicted molar refractivity (Wildman–Crippen MR) is 140 cm³/mol. The van der Waals surface area contributed by atoms with Crippen LogP contribution >= 0.6 is 0 Å². The molecule has 0 N–H and O–H groups in total. The van der Waals surface area contributed by atoms with Gasteiger partial charge in [-0.1, -0.05) is 13.0 Å². The Balaban J connectivity index is 1.47. The van der Waals surface area contributed by atoms with Gasteiger partial charge in [0.15, 0.2) is 17.8 Å². The molecule has 3 aromatic carbocycles. The van der Waals surface area contributed by atoms with Crippen LogP contribution in [0.15, 0.2) is 60.9 Å². The zero-order valence-electron chi connectivity index (χ0n) is 23.5. The van der Waals surface area contributed by atoms with Crippen LogP contribution in [0.4, 0.5) is 43.9 Å². The Hall–Kier alpha value is -3.94. The van der Waals surface area contributed by atoms with Gasteiger partial charge in [-0.05, 0) is 67.9 Å². The second kappa shape index (κ2) is 14.0. The van der Waals surface area contributed by atoms with E-state index in [1.807, 2.05) is 6.92 Å². The van der Waals surface area contributed by atoms with Crippen LogP contribution < -0.4 is 14.2 Å². The molecule has 1 fully saturated rings. The van der Waals surface area contributed by atoms with Crippen molar-refractivity contribution >= 4 is 0 Å². The Bertz CT molecular complexity index is 1490. The zero-order valence-corrected chi connectivity index (χ0v) is 23.5. The van der Waals surface area contributed by atoms with Crippen LogP contribution in [0.5, 0.6) is 17.2 Å². The number of rotatable bonds is 12. The van der Waals surface area contributed by atoms with Crippen LogP contribution in [0.2, 0.25) is 0 Å². The number of hydrogen-bond acceptors (Lipinski definition) is 4. The predicted octanol–water partition coefficient (Wildman–Crippen LogP) is 10.1. The van der Waals surface area contributed by atoms with Crippen molar-refractivity contribution in [3.05, 3.63) is 101 Å². The van der Waals surface area contributed by atoms with Crippen molar-refractivity contribution < 1.29 is 62.9 Å². The van der Waals surface area contributed by atoms with Gasteiger partial charge in [-0.2, -0.15) is 26.3 Å². The topological polar surface area (TPSA) is 36.9 Å². The summed E-state index contributed by atoms with van der Waals surface area (Å²) < 4.78 is 160. The van der Waals surface area contributed by atoms with E-state index in [9.17, 15) is 43.9 Å². The fourth-order valence-electron chi connectivity index (χ4n) is 4.91. The molecule has 0 saturated heterocycles. The summed E-state index contributed by atoms with van der Waals surface area (Å²) in [5.41, 5.74) is -2.80. The molecule has 0 aromatic heterocycles. The minimum atomic E-state index is -4.82. The average Bonchev–Trinajstić information content (AvgIpc) is 2.94. The largest absolute Gasteiger partial charge is 0.456 e. The zero-order chi connectivity index (χ0) is 32.9. The second-order valence-corrected chi connectivity index (χ2v) is 10.2. The van der Waals surface area contributed by atoms with Gasteiger partial charge in [0, 0.05) is 24.8 Å². The highest BCUT2D eigenvalue weighted by Crippen LogP contribution is 2.41. The van der Waals surface area contributed by atoms with E-state index in [4.69, 9.17) is 4.74 Å². The van der Waals surface area contributed by atoms with Crippen molar-refractivity contribution in [1.82, 2.24) is 0 Å². The third kappa shape index (κ3) is 8.41. The van der Waals surface area contributed by atoms with Crippen molar-refractivity contribution in [1.29, 1.82) is 0 Å². The molecule has 1 aliphatic rings. The normalized spacial score (nSPS) is 17.1. The number of halogens is 10. The van der Waals surface area contributed by atoms with Crippen LogP contribution in [-0.4, -0.2) is 12.7 Å². The highest BCUT2D eigenvalue weighted by Gasteiger charge is 2.43. The van der Waals surface area contributed by atoms with Crippen molar-refractivity contribution in [2.75, 3.05) is 6.61 Å². The van der Waals surface area contributed by atoms with E-state index in [1.165, 1.54) is 6.07 Å². The standard InChI is InChI=1S/C31H26F10O4/c1-2-11-42-19-6-3-17(4-7-19)18-5-9-22(23(32)12-18)30(38,39)45-21-14-25(34)29(26(35)15-21)31(40,41)44-20-8-10-27(24(33)13-20)43-16-28(36)37/h5,8-10,12-17,19H,2-4,6-7,11H2,1H3. The molecule has 0 heterocycles. The van der Waals surface area contributed by atoms with Gasteiger partial charge in [-0.25, -0.2) is 17.6 Å². The molecular weight excluding hydrogens is 626 g/mol. The monoisotopic (exact) mass is 652 g/mol. The summed E-state index contributed by atoms with van der Waals surface area (Å²) >= 11 is 0. The molecule has 4 nitrogen and oxygen atoms in total. The van der Waals surface area contributed by atoms with Crippen molar-refractivity contribution in [3.8, 4) is 17.2 Å². The Kier molecular flexibility index (Phi) is 10.6. The molecule has 0 amide bonds. The molecule has 1 saturated carbocycles. The highest BCUT2D eigenvalue weighted by molar-refractivity contribution is 5.37. The van der Waals surface area contributed by atoms with E-state index in [0.717, 1.165) is 31.4 Å². The first kappa shape index (κ1) is 33.9. The first-order valence-electron chi connectivity index (χ1n) is 13.7. The molecule has 3 aromatic rings. The molecular formula is C31H26F10O4. The summed E-state index contributed by atoms with van der Waals surface area (Å²) in [4.78, 5) is 0. The third-order valence-electron chi connectivity index (χ3n) is 6.99. The van der Waals surface area contributed by atoms with Crippen LogP contribution in [0, 0.1) is 23.3 Å². The van der Waals surface area contributed by atoms with Gasteiger partial charge >= 0.3 is 18.3 Å². The van der Waals surface area contributed by atoms with E-state index in [2.05, 4.69) is 14.2 Å². The van der Waals surface area contributed by atoms with Gasteiger partial charge in [0.1, 0.15) is 34.5 Å². The van der Waals surface area contributed by atoms with E-state index in [0.29, 0.717) is 37.1 Å². The number of hydrogen-bond donors (Lipinski definition) is 0. The Morgan fingerprint density at radius 3 is 1.96 bits per heavy atom. The fraction of sp³-hybridized carbons (Fsp3) is 0.355. The van der Waals surface area contributed by atoms with Gasteiger partial charge in [0.2, 0.25) is 0 Å². The molecule has 4 rings (SSSR count). The molecule has 0 atom stereocenters. The SMILES string of the molecule is CCCOC1CCC(c2ccc(C(F)(F)Oc3cc(F)c(C(F)(F)Oc4ccc(OC=C(F)F)c(F)c4)c(F)c3)c(F)c2)CC1. The maximum Gasteiger partial charge on any atom is 0.432 e. The molecule has 244 valence electrons. The van der Waals surface area contributed by atoms with E-state index in [-0.39, 0.29) is 36.5 Å². The number of ether oxygens (including phenoxy) is 4. The van der Waals surface area contributed by atoms with Gasteiger partial charge in [0.05, 0.1) is 11.7 Å². The summed E-state index contributed by atoms with van der Waals surface area (Å²) in [5.74, 6) is -10.1. The van der Waals surface area contributed by atoms with Crippen LogP contribution in [0.25, 0.3) is 0 Å². The highest BCUT2D eigenvalue weighted by atomic mass is 19.3. The Morgan fingerprint density at radius 2 is 1.38 bits per heavy atom. The van der Waals surface area contributed by atoms with Crippen LogP contribution in [0.1, 0.15) is 61.6 Å². The molecule has 0 bridgehead atoms. The van der Waals surface area contributed by atoms with Gasteiger partial charge in [0.25, 0.3) is 0 Å². The quantitative estimate of drug-likeness (QED) is 0.144. The Labute approximate surface area is 251 Å². The lowest BCUT2D eigenvalue weighted by Gasteiger charge is -2.29. The minimum Gasteiger partial charge on any atom is -0.456 e. The van der Waals surface area contributed by atoms with Crippen LogP contribution in [0.3, 0.4) is 0 Å². The maximum atomic E-state index is 14.9. The fourth-order valence-corrected chi connectivity index (χ4v) is 4.91. The first-order valence-corrected chi connectivity index (χ1v) is 13.7. The summed E-state index contributed by atoms with van der Waals surface area (Å²) in [5, 5.41) is 0. The summed E-state index contributed by atoms with van der Waals surface area (Å²) in [6, 6.07) is 4.59. The molecule has 0 aliphatic heterocycles. The maximum absolute atomic E-state index is 14.9. The van der Waals surface area contributed by atoms with Crippen molar-refractivity contribution in [3.63, 3.8) is 0 Å². The van der Waals surface area contributed by atoms with Gasteiger partial charge in [-0.15, -0.1) is 0 Å². The lowest BCUT2D eigenvalue weighted by molar-refractivity contribution is -0.191. The molecule has 14 heteroatoms. The second-order valence-electron chi connectivity index (χ2n) is 10.2. The number of benzene rings is 3. The smallest absolute Gasteiger partial charge is 0.432 e. The average molecular weight is 653 g/mol.